The summed E-state index contributed by atoms with van der Waals surface area (Å²) in [5.74, 6) is 2.07. The molecule has 6 nitrogen and oxygen atoms in total. The number of aromatic nitrogens is 4. The first-order valence-corrected chi connectivity index (χ1v) is 9.16. The fourth-order valence-corrected chi connectivity index (χ4v) is 3.14. The van der Waals surface area contributed by atoms with Crippen LogP contribution in [0.2, 0.25) is 0 Å². The van der Waals surface area contributed by atoms with E-state index in [9.17, 15) is 8.78 Å². The number of hydrogen-bond acceptors (Lipinski definition) is 5. The molecule has 4 aromatic rings. The highest BCUT2D eigenvalue weighted by molar-refractivity contribution is 5.78. The summed E-state index contributed by atoms with van der Waals surface area (Å²) in [6.07, 6.45) is 4.20. The second kappa shape index (κ2) is 7.83. The molecule has 2 aromatic heterocycles. The number of hydrogen-bond donors (Lipinski definition) is 1. The van der Waals surface area contributed by atoms with E-state index in [1.807, 2.05) is 17.6 Å². The molecule has 0 aliphatic rings. The van der Waals surface area contributed by atoms with Crippen molar-refractivity contribution in [2.45, 2.75) is 26.9 Å². The van der Waals surface area contributed by atoms with Crippen molar-refractivity contribution in [3.8, 4) is 11.6 Å². The van der Waals surface area contributed by atoms with Crippen LogP contribution in [-0.4, -0.2) is 26.1 Å². The molecule has 29 heavy (non-hydrogen) atoms. The van der Waals surface area contributed by atoms with E-state index in [0.29, 0.717) is 17.3 Å². The van der Waals surface area contributed by atoms with Gasteiger partial charge in [0.05, 0.1) is 23.4 Å². The molecule has 0 bridgehead atoms. The SMILES string of the molecule is CCc1ccc2nc(C)n(-c3cncc(Nc4ccc(OC(F)F)cc4)n3)c2c1. The number of rotatable bonds is 6. The molecule has 0 amide bonds. The van der Waals surface area contributed by atoms with Crippen LogP contribution in [0.3, 0.4) is 0 Å². The molecule has 0 saturated heterocycles. The Morgan fingerprint density at radius 1 is 1.07 bits per heavy atom. The first-order valence-electron chi connectivity index (χ1n) is 9.16. The van der Waals surface area contributed by atoms with Crippen LogP contribution >= 0.6 is 0 Å². The third-order valence-electron chi connectivity index (χ3n) is 4.50. The van der Waals surface area contributed by atoms with E-state index in [2.05, 4.69) is 44.1 Å². The molecule has 4 rings (SSSR count). The number of fused-ring (bicyclic) bond motifs is 1. The highest BCUT2D eigenvalue weighted by Crippen LogP contribution is 2.24. The van der Waals surface area contributed by atoms with Gasteiger partial charge in [-0.25, -0.2) is 9.97 Å². The lowest BCUT2D eigenvalue weighted by Gasteiger charge is -2.10. The van der Waals surface area contributed by atoms with Gasteiger partial charge in [0.2, 0.25) is 0 Å². The predicted molar refractivity (Wildman–Crippen MR) is 107 cm³/mol. The zero-order chi connectivity index (χ0) is 20.4. The number of anilines is 2. The average molecular weight is 395 g/mol. The summed E-state index contributed by atoms with van der Waals surface area (Å²) in [5, 5.41) is 3.13. The van der Waals surface area contributed by atoms with Crippen molar-refractivity contribution in [3.63, 3.8) is 0 Å². The Hall–Kier alpha value is -3.55. The zero-order valence-electron chi connectivity index (χ0n) is 15.9. The molecule has 2 aromatic carbocycles. The van der Waals surface area contributed by atoms with Gasteiger partial charge in [-0.2, -0.15) is 8.78 Å². The summed E-state index contributed by atoms with van der Waals surface area (Å²) in [4.78, 5) is 13.5. The third kappa shape index (κ3) is 4.01. The lowest BCUT2D eigenvalue weighted by Crippen LogP contribution is -2.04. The van der Waals surface area contributed by atoms with Crippen molar-refractivity contribution >= 4 is 22.5 Å². The van der Waals surface area contributed by atoms with Gasteiger partial charge < -0.3 is 10.1 Å². The van der Waals surface area contributed by atoms with Crippen molar-refractivity contribution in [1.82, 2.24) is 19.5 Å². The molecule has 0 atom stereocenters. The molecule has 148 valence electrons. The van der Waals surface area contributed by atoms with E-state index in [4.69, 9.17) is 0 Å². The first-order chi connectivity index (χ1) is 14.0. The fraction of sp³-hybridized carbons (Fsp3) is 0.190. The van der Waals surface area contributed by atoms with Gasteiger partial charge in [0.1, 0.15) is 11.6 Å². The Morgan fingerprint density at radius 3 is 2.59 bits per heavy atom. The monoisotopic (exact) mass is 395 g/mol. The standard InChI is InChI=1S/C21H19F2N5O/c1-3-14-4-9-17-18(10-14)28(13(2)25-17)20-12-24-11-19(27-20)26-15-5-7-16(8-6-15)29-21(22)23/h4-12,21H,3H2,1-2H3,(H,26,27). The average Bonchev–Trinajstić information content (AvgIpc) is 3.04. The molecule has 0 radical (unpaired) electrons. The number of halogens is 2. The molecule has 0 aliphatic heterocycles. The van der Waals surface area contributed by atoms with E-state index in [-0.39, 0.29) is 5.75 Å². The Kier molecular flexibility index (Phi) is 5.07. The minimum Gasteiger partial charge on any atom is -0.435 e. The Labute approximate surface area is 166 Å². The molecular weight excluding hydrogens is 376 g/mol. The number of benzene rings is 2. The van der Waals surface area contributed by atoms with Crippen LogP contribution in [0.25, 0.3) is 16.9 Å². The molecular formula is C21H19F2N5O. The molecule has 0 spiro atoms. The third-order valence-corrected chi connectivity index (χ3v) is 4.50. The topological polar surface area (TPSA) is 64.9 Å². The Bertz CT molecular complexity index is 1140. The fourth-order valence-electron chi connectivity index (χ4n) is 3.14. The second-order valence-electron chi connectivity index (χ2n) is 6.46. The maximum atomic E-state index is 12.3. The zero-order valence-corrected chi connectivity index (χ0v) is 15.9. The number of alkyl halides is 2. The number of ether oxygens (including phenoxy) is 1. The van der Waals surface area contributed by atoms with Crippen LogP contribution in [-0.2, 0) is 6.42 Å². The molecule has 0 aliphatic carbocycles. The highest BCUT2D eigenvalue weighted by atomic mass is 19.3. The van der Waals surface area contributed by atoms with Crippen molar-refractivity contribution < 1.29 is 13.5 Å². The lowest BCUT2D eigenvalue weighted by atomic mass is 10.1. The van der Waals surface area contributed by atoms with Crippen molar-refractivity contribution in [3.05, 3.63) is 66.2 Å². The van der Waals surface area contributed by atoms with Crippen LogP contribution in [0.5, 0.6) is 5.75 Å². The maximum absolute atomic E-state index is 12.3. The number of nitrogens with one attached hydrogen (secondary N) is 1. The summed E-state index contributed by atoms with van der Waals surface area (Å²) in [6.45, 7) is 1.18. The summed E-state index contributed by atoms with van der Waals surface area (Å²) >= 11 is 0. The van der Waals surface area contributed by atoms with Gasteiger partial charge in [-0.05, 0) is 55.3 Å². The van der Waals surface area contributed by atoms with Gasteiger partial charge in [0, 0.05) is 5.69 Å². The minimum absolute atomic E-state index is 0.0950. The molecule has 0 unspecified atom stereocenters. The van der Waals surface area contributed by atoms with Gasteiger partial charge >= 0.3 is 6.61 Å². The second-order valence-corrected chi connectivity index (χ2v) is 6.46. The van der Waals surface area contributed by atoms with Gasteiger partial charge in [-0.1, -0.05) is 13.0 Å². The molecule has 8 heteroatoms. The van der Waals surface area contributed by atoms with E-state index in [1.54, 1.807) is 24.5 Å². The predicted octanol–water partition coefficient (Wildman–Crippen LogP) is 5.03. The van der Waals surface area contributed by atoms with Crippen LogP contribution < -0.4 is 10.1 Å². The summed E-state index contributed by atoms with van der Waals surface area (Å²) in [7, 11) is 0. The number of imidazole rings is 1. The lowest BCUT2D eigenvalue weighted by molar-refractivity contribution is -0.0498. The Morgan fingerprint density at radius 2 is 1.86 bits per heavy atom. The van der Waals surface area contributed by atoms with Crippen molar-refractivity contribution in [2.75, 3.05) is 5.32 Å². The van der Waals surface area contributed by atoms with Crippen molar-refractivity contribution in [1.29, 1.82) is 0 Å². The summed E-state index contributed by atoms with van der Waals surface area (Å²) in [6, 6.07) is 12.4. The normalized spacial score (nSPS) is 11.2. The quantitative estimate of drug-likeness (QED) is 0.496. The largest absolute Gasteiger partial charge is 0.435 e. The van der Waals surface area contributed by atoms with Gasteiger partial charge in [0.15, 0.2) is 11.6 Å². The molecule has 0 fully saturated rings. The van der Waals surface area contributed by atoms with E-state index in [1.165, 1.54) is 17.7 Å². The van der Waals surface area contributed by atoms with E-state index >= 15 is 0 Å². The van der Waals surface area contributed by atoms with Gasteiger partial charge in [-0.15, -0.1) is 0 Å². The Balaban J connectivity index is 1.64. The first kappa shape index (κ1) is 18.8. The molecule has 0 saturated carbocycles. The maximum Gasteiger partial charge on any atom is 0.387 e. The van der Waals surface area contributed by atoms with E-state index in [0.717, 1.165) is 23.3 Å². The van der Waals surface area contributed by atoms with Crippen LogP contribution in [0.15, 0.2) is 54.9 Å². The van der Waals surface area contributed by atoms with Crippen LogP contribution in [0.4, 0.5) is 20.3 Å². The van der Waals surface area contributed by atoms with E-state index < -0.39 is 6.61 Å². The molecule has 2 heterocycles. The van der Waals surface area contributed by atoms with Gasteiger partial charge in [0.25, 0.3) is 0 Å². The number of aryl methyl sites for hydroxylation is 2. The van der Waals surface area contributed by atoms with Crippen LogP contribution in [0.1, 0.15) is 18.3 Å². The smallest absolute Gasteiger partial charge is 0.387 e. The van der Waals surface area contributed by atoms with Crippen LogP contribution in [0, 0.1) is 6.92 Å². The summed E-state index contributed by atoms with van der Waals surface area (Å²) in [5.41, 5.74) is 3.77. The summed E-state index contributed by atoms with van der Waals surface area (Å²) < 4.78 is 30.9. The minimum atomic E-state index is -2.85. The molecule has 1 N–H and O–H groups in total. The van der Waals surface area contributed by atoms with Crippen molar-refractivity contribution in [2.24, 2.45) is 0 Å². The highest BCUT2D eigenvalue weighted by Gasteiger charge is 2.12. The number of nitrogens with zero attached hydrogens (tertiary/aromatic N) is 4. The van der Waals surface area contributed by atoms with Gasteiger partial charge in [-0.3, -0.25) is 9.55 Å².